The number of nitrogens with one attached hydrogen (secondary N) is 1. The van der Waals surface area contributed by atoms with E-state index < -0.39 is 40.5 Å². The van der Waals surface area contributed by atoms with Crippen molar-refractivity contribution >= 4 is 11.8 Å². The van der Waals surface area contributed by atoms with Crippen LogP contribution in [0.5, 0.6) is 11.5 Å². The Morgan fingerprint density at radius 3 is 2.31 bits per heavy atom. The summed E-state index contributed by atoms with van der Waals surface area (Å²) in [5, 5.41) is 0.876. The minimum Gasteiger partial charge on any atom is -0.486 e. The lowest BCUT2D eigenvalue weighted by Gasteiger charge is -2.36. The highest BCUT2D eigenvalue weighted by molar-refractivity contribution is 6.00. The highest BCUT2D eigenvalue weighted by Crippen LogP contribution is 2.35. The van der Waals surface area contributed by atoms with Crippen LogP contribution in [-0.2, 0) is 6.18 Å². The molecular weight excluding hydrogens is 432 g/mol. The molecule has 32 heavy (non-hydrogen) atoms. The number of rotatable bonds is 2. The first-order valence-corrected chi connectivity index (χ1v) is 9.71. The molecular formula is C22H22F4N2O4. The molecule has 1 heterocycles. The van der Waals surface area contributed by atoms with Crippen molar-refractivity contribution < 1.29 is 36.6 Å². The monoisotopic (exact) mass is 454 g/mol. The number of halogens is 4. The predicted octanol–water partition coefficient (Wildman–Crippen LogP) is 4.51. The summed E-state index contributed by atoms with van der Waals surface area (Å²) in [6.07, 6.45) is -4.84. The lowest BCUT2D eigenvalue weighted by Crippen LogP contribution is -2.56. The topological polar surface area (TPSA) is 67.9 Å². The number of hydrogen-bond acceptors (Lipinski definition) is 4. The van der Waals surface area contributed by atoms with E-state index >= 15 is 0 Å². The number of benzene rings is 2. The van der Waals surface area contributed by atoms with Crippen LogP contribution in [0, 0.1) is 12.7 Å². The number of ether oxygens (including phenoxy) is 2. The molecule has 172 valence electrons. The van der Waals surface area contributed by atoms with E-state index in [1.807, 2.05) is 0 Å². The van der Waals surface area contributed by atoms with Crippen molar-refractivity contribution in [3.63, 3.8) is 0 Å². The number of carbonyl (C=O) groups is 2. The van der Waals surface area contributed by atoms with Crippen LogP contribution in [-0.4, -0.2) is 35.6 Å². The van der Waals surface area contributed by atoms with Crippen LogP contribution in [0.3, 0.4) is 0 Å². The maximum absolute atomic E-state index is 13.8. The Morgan fingerprint density at radius 1 is 1.03 bits per heavy atom. The quantitative estimate of drug-likeness (QED) is 0.536. The minimum atomic E-state index is -4.84. The molecule has 1 aliphatic heterocycles. The van der Waals surface area contributed by atoms with E-state index in [9.17, 15) is 27.2 Å². The number of nitrogens with zero attached hydrogens (tertiary/aromatic N) is 1. The van der Waals surface area contributed by atoms with Crippen molar-refractivity contribution in [3.8, 4) is 11.5 Å². The second-order valence-corrected chi connectivity index (χ2v) is 8.24. The molecule has 1 N–H and O–H groups in total. The van der Waals surface area contributed by atoms with Crippen molar-refractivity contribution in [1.82, 2.24) is 10.4 Å². The third kappa shape index (κ3) is 4.79. The van der Waals surface area contributed by atoms with Crippen molar-refractivity contribution in [2.45, 2.75) is 39.4 Å². The van der Waals surface area contributed by atoms with Gasteiger partial charge in [0.05, 0.1) is 11.1 Å². The lowest BCUT2D eigenvalue weighted by atomic mass is 10.0. The number of amides is 2. The molecule has 0 spiro atoms. The Hall–Kier alpha value is -3.30. The summed E-state index contributed by atoms with van der Waals surface area (Å²) in [5.41, 5.74) is 0.212. The van der Waals surface area contributed by atoms with Crippen molar-refractivity contribution in [2.75, 3.05) is 13.2 Å². The van der Waals surface area contributed by atoms with Gasteiger partial charge in [0.25, 0.3) is 11.8 Å². The number of alkyl halides is 3. The minimum absolute atomic E-state index is 0.187. The summed E-state index contributed by atoms with van der Waals surface area (Å²) in [7, 11) is 0. The molecule has 6 nitrogen and oxygen atoms in total. The molecule has 0 saturated carbocycles. The zero-order valence-corrected chi connectivity index (χ0v) is 17.9. The van der Waals surface area contributed by atoms with Gasteiger partial charge in [0.2, 0.25) is 0 Å². The lowest BCUT2D eigenvalue weighted by molar-refractivity contribution is -0.137. The van der Waals surface area contributed by atoms with Crippen LogP contribution < -0.4 is 14.9 Å². The molecule has 0 radical (unpaired) electrons. The summed E-state index contributed by atoms with van der Waals surface area (Å²) in [6.45, 7) is 7.06. The van der Waals surface area contributed by atoms with Gasteiger partial charge in [0.1, 0.15) is 19.0 Å². The van der Waals surface area contributed by atoms with E-state index in [0.29, 0.717) is 48.5 Å². The van der Waals surface area contributed by atoms with Crippen LogP contribution in [0.15, 0.2) is 30.3 Å². The van der Waals surface area contributed by atoms with Crippen LogP contribution in [0.1, 0.15) is 52.6 Å². The summed E-state index contributed by atoms with van der Waals surface area (Å²) < 4.78 is 64.1. The first-order chi connectivity index (χ1) is 14.8. The fourth-order valence-electron chi connectivity index (χ4n) is 3.19. The van der Waals surface area contributed by atoms with E-state index in [1.54, 1.807) is 33.8 Å². The first-order valence-electron chi connectivity index (χ1n) is 9.71. The molecule has 0 fully saturated rings. The molecule has 3 rings (SSSR count). The Balaban J connectivity index is 1.94. The summed E-state index contributed by atoms with van der Waals surface area (Å²) in [4.78, 5) is 26.0. The Morgan fingerprint density at radius 2 is 1.69 bits per heavy atom. The third-order valence-electron chi connectivity index (χ3n) is 4.76. The van der Waals surface area contributed by atoms with Crippen LogP contribution in [0.4, 0.5) is 17.6 Å². The standard InChI is InChI=1S/C22H22F4N2O4/c1-12-16(5-6-17-18(12)32-8-7-31-17)19(29)27-28(21(2,3)4)20(30)13-9-14(22(24,25)26)11-15(23)10-13/h5-6,9-11H,7-8H2,1-4H3,(H,27,29). The van der Waals surface area contributed by atoms with E-state index in [0.717, 1.165) is 5.01 Å². The number of carbonyl (C=O) groups excluding carboxylic acids is 2. The van der Waals surface area contributed by atoms with Gasteiger partial charge < -0.3 is 9.47 Å². The van der Waals surface area contributed by atoms with Gasteiger partial charge in [-0.25, -0.2) is 9.40 Å². The van der Waals surface area contributed by atoms with Crippen LogP contribution >= 0.6 is 0 Å². The van der Waals surface area contributed by atoms with Gasteiger partial charge in [-0.05, 0) is 58.0 Å². The molecule has 10 heteroatoms. The molecule has 0 atom stereocenters. The Kier molecular flexibility index (Phi) is 6.08. The third-order valence-corrected chi connectivity index (χ3v) is 4.76. The smallest absolute Gasteiger partial charge is 0.416 e. The van der Waals surface area contributed by atoms with Crippen LogP contribution in [0.2, 0.25) is 0 Å². The molecule has 1 aliphatic rings. The zero-order valence-electron chi connectivity index (χ0n) is 17.9. The second kappa shape index (κ2) is 8.33. The predicted molar refractivity (Wildman–Crippen MR) is 107 cm³/mol. The molecule has 0 saturated heterocycles. The average molecular weight is 454 g/mol. The van der Waals surface area contributed by atoms with Gasteiger partial charge in [-0.3, -0.25) is 15.0 Å². The van der Waals surface area contributed by atoms with Crippen molar-refractivity contribution in [1.29, 1.82) is 0 Å². The van der Waals surface area contributed by atoms with E-state index in [-0.39, 0.29) is 5.56 Å². The van der Waals surface area contributed by atoms with Gasteiger partial charge in [-0.1, -0.05) is 0 Å². The summed E-state index contributed by atoms with van der Waals surface area (Å²) in [6, 6.07) is 4.59. The van der Waals surface area contributed by atoms with Gasteiger partial charge in [0, 0.05) is 16.7 Å². The fourth-order valence-corrected chi connectivity index (χ4v) is 3.19. The molecule has 2 amide bonds. The summed E-state index contributed by atoms with van der Waals surface area (Å²) >= 11 is 0. The molecule has 0 bridgehead atoms. The fraction of sp³-hybridized carbons (Fsp3) is 0.364. The highest BCUT2D eigenvalue weighted by atomic mass is 19.4. The van der Waals surface area contributed by atoms with E-state index in [2.05, 4.69) is 5.43 Å². The first kappa shape index (κ1) is 23.4. The number of fused-ring (bicyclic) bond motifs is 1. The molecule has 0 aromatic heterocycles. The zero-order chi connectivity index (χ0) is 23.8. The van der Waals surface area contributed by atoms with E-state index in [1.165, 1.54) is 6.07 Å². The maximum Gasteiger partial charge on any atom is 0.416 e. The highest BCUT2D eigenvalue weighted by Gasteiger charge is 2.35. The number of hydrogen-bond donors (Lipinski definition) is 1. The van der Waals surface area contributed by atoms with Crippen LogP contribution in [0.25, 0.3) is 0 Å². The van der Waals surface area contributed by atoms with Gasteiger partial charge in [0.15, 0.2) is 11.5 Å². The maximum atomic E-state index is 13.8. The van der Waals surface area contributed by atoms with E-state index in [4.69, 9.17) is 9.47 Å². The largest absolute Gasteiger partial charge is 0.486 e. The summed E-state index contributed by atoms with van der Waals surface area (Å²) in [5.74, 6) is -2.02. The Labute approximate surface area is 182 Å². The average Bonchev–Trinajstić information content (AvgIpc) is 2.70. The number of hydrazine groups is 1. The molecule has 2 aromatic rings. The van der Waals surface area contributed by atoms with Gasteiger partial charge in [-0.15, -0.1) is 0 Å². The van der Waals surface area contributed by atoms with Gasteiger partial charge in [-0.2, -0.15) is 13.2 Å². The van der Waals surface area contributed by atoms with Crippen molar-refractivity contribution in [3.05, 3.63) is 58.4 Å². The SMILES string of the molecule is Cc1c(C(=O)NN(C(=O)c2cc(F)cc(C(F)(F)F)c2)C(C)(C)C)ccc2c1OCCO2. The Bertz CT molecular complexity index is 1060. The normalized spacial score (nSPS) is 13.5. The molecule has 0 unspecified atom stereocenters. The van der Waals surface area contributed by atoms with Crippen molar-refractivity contribution in [2.24, 2.45) is 0 Å². The molecule has 0 aliphatic carbocycles. The molecule has 2 aromatic carbocycles. The second-order valence-electron chi connectivity index (χ2n) is 8.24. The van der Waals surface area contributed by atoms with Gasteiger partial charge >= 0.3 is 6.18 Å².